The number of hydrogen-bond acceptors (Lipinski definition) is 4. The second-order valence-electron chi connectivity index (χ2n) is 6.47. The zero-order valence-corrected chi connectivity index (χ0v) is 13.6. The van der Waals surface area contributed by atoms with Crippen LogP contribution in [-0.2, 0) is 10.2 Å². The Bertz CT molecular complexity index is 869. The Hall–Kier alpha value is -2.82. The number of hydrogen-bond donors (Lipinski definition) is 1. The largest absolute Gasteiger partial charge is 0.461 e. The van der Waals surface area contributed by atoms with Crippen molar-refractivity contribution in [3.8, 4) is 11.5 Å². The number of carbonyl (C=O) groups is 1. The number of aryl methyl sites for hydroxylation is 2. The van der Waals surface area contributed by atoms with Crippen LogP contribution in [0.2, 0.25) is 0 Å². The molecule has 1 aliphatic rings. The van der Waals surface area contributed by atoms with Gasteiger partial charge in [0.1, 0.15) is 0 Å². The molecule has 0 unspecified atom stereocenters. The molecule has 1 amide bonds. The molecule has 0 bridgehead atoms. The third-order valence-electron chi connectivity index (χ3n) is 4.43. The van der Waals surface area contributed by atoms with Crippen LogP contribution < -0.4 is 5.32 Å². The number of amides is 1. The zero-order valence-electron chi connectivity index (χ0n) is 13.6. The Morgan fingerprint density at radius 2 is 1.88 bits per heavy atom. The van der Waals surface area contributed by atoms with E-state index >= 15 is 0 Å². The molecule has 4 rings (SSSR count). The monoisotopic (exact) mass is 322 g/mol. The van der Waals surface area contributed by atoms with Crippen molar-refractivity contribution in [2.24, 2.45) is 0 Å². The second kappa shape index (κ2) is 5.37. The lowest BCUT2D eigenvalue weighted by Gasteiger charge is -2.13. The molecule has 1 aromatic carbocycles. The van der Waals surface area contributed by atoms with Crippen molar-refractivity contribution in [3.05, 3.63) is 59.5 Å². The molecule has 1 saturated carbocycles. The van der Waals surface area contributed by atoms with Crippen LogP contribution in [0.4, 0.5) is 5.69 Å². The minimum absolute atomic E-state index is 0.0354. The van der Waals surface area contributed by atoms with E-state index in [2.05, 4.69) is 16.5 Å². The summed E-state index contributed by atoms with van der Waals surface area (Å²) in [7, 11) is 0. The molecule has 1 aliphatic carbocycles. The van der Waals surface area contributed by atoms with Crippen LogP contribution in [0, 0.1) is 13.8 Å². The van der Waals surface area contributed by atoms with Crippen LogP contribution >= 0.6 is 0 Å². The topological polar surface area (TPSA) is 68.3 Å². The lowest BCUT2D eigenvalue weighted by atomic mass is 10.0. The van der Waals surface area contributed by atoms with Gasteiger partial charge in [0.2, 0.25) is 11.7 Å². The molecule has 0 saturated heterocycles. The molecule has 0 radical (unpaired) electrons. The van der Waals surface area contributed by atoms with Crippen molar-refractivity contribution in [1.29, 1.82) is 0 Å². The molecule has 24 heavy (non-hydrogen) atoms. The summed E-state index contributed by atoms with van der Waals surface area (Å²) in [4.78, 5) is 12.8. The highest BCUT2D eigenvalue weighted by molar-refractivity contribution is 6.01. The normalized spacial score (nSPS) is 15.2. The van der Waals surface area contributed by atoms with E-state index in [0.717, 1.165) is 29.7 Å². The molecule has 1 N–H and O–H groups in total. The van der Waals surface area contributed by atoms with E-state index in [9.17, 15) is 4.79 Å². The lowest BCUT2D eigenvalue weighted by molar-refractivity contribution is -0.118. The molecule has 2 heterocycles. The van der Waals surface area contributed by atoms with Crippen LogP contribution in [-0.4, -0.2) is 11.1 Å². The summed E-state index contributed by atoms with van der Waals surface area (Å²) in [6.45, 7) is 4.03. The molecule has 1 fully saturated rings. The van der Waals surface area contributed by atoms with E-state index in [-0.39, 0.29) is 5.91 Å². The summed E-state index contributed by atoms with van der Waals surface area (Å²) in [5, 5.41) is 7.13. The molecule has 0 atom stereocenters. The maximum Gasteiger partial charge on any atom is 0.236 e. The van der Waals surface area contributed by atoms with Crippen LogP contribution in [0.15, 0.2) is 51.6 Å². The quantitative estimate of drug-likeness (QED) is 0.781. The summed E-state index contributed by atoms with van der Waals surface area (Å²) in [5.74, 6) is 1.12. The van der Waals surface area contributed by atoms with Crippen LogP contribution in [0.3, 0.4) is 0 Å². The zero-order chi connectivity index (χ0) is 16.7. The van der Waals surface area contributed by atoms with Gasteiger partial charge in [0, 0.05) is 11.8 Å². The van der Waals surface area contributed by atoms with Gasteiger partial charge in [-0.25, -0.2) is 0 Å². The molecule has 0 spiro atoms. The van der Waals surface area contributed by atoms with E-state index in [4.69, 9.17) is 8.94 Å². The van der Waals surface area contributed by atoms with Gasteiger partial charge >= 0.3 is 0 Å². The molecular weight excluding hydrogens is 304 g/mol. The van der Waals surface area contributed by atoms with Gasteiger partial charge in [-0.1, -0.05) is 11.2 Å². The average molecular weight is 322 g/mol. The van der Waals surface area contributed by atoms with Gasteiger partial charge in [-0.3, -0.25) is 4.79 Å². The number of aromatic nitrogens is 1. The maximum atomic E-state index is 12.8. The minimum atomic E-state index is -0.591. The maximum absolute atomic E-state index is 12.8. The van der Waals surface area contributed by atoms with E-state index in [1.807, 2.05) is 26.0 Å². The van der Waals surface area contributed by atoms with Crippen molar-refractivity contribution >= 4 is 11.6 Å². The van der Waals surface area contributed by atoms with Gasteiger partial charge in [0.25, 0.3) is 0 Å². The van der Waals surface area contributed by atoms with Crippen LogP contribution in [0.25, 0.3) is 11.5 Å². The Morgan fingerprint density at radius 1 is 1.12 bits per heavy atom. The number of furan rings is 1. The van der Waals surface area contributed by atoms with Crippen molar-refractivity contribution in [3.63, 3.8) is 0 Å². The highest BCUT2D eigenvalue weighted by atomic mass is 16.5. The van der Waals surface area contributed by atoms with Crippen molar-refractivity contribution in [2.45, 2.75) is 32.1 Å². The van der Waals surface area contributed by atoms with E-state index in [1.54, 1.807) is 24.5 Å². The van der Waals surface area contributed by atoms with Crippen LogP contribution in [0.1, 0.15) is 29.7 Å². The summed E-state index contributed by atoms with van der Waals surface area (Å²) in [6.07, 6.45) is 3.12. The number of nitrogens with one attached hydrogen (secondary N) is 1. The van der Waals surface area contributed by atoms with Gasteiger partial charge in [-0.15, -0.1) is 0 Å². The van der Waals surface area contributed by atoms with E-state index in [0.29, 0.717) is 17.2 Å². The van der Waals surface area contributed by atoms with Crippen molar-refractivity contribution in [1.82, 2.24) is 5.16 Å². The van der Waals surface area contributed by atoms with E-state index < -0.39 is 5.41 Å². The number of nitrogens with zero attached hydrogens (tertiary/aromatic N) is 1. The third-order valence-corrected chi connectivity index (χ3v) is 4.43. The third kappa shape index (κ3) is 2.52. The fourth-order valence-corrected chi connectivity index (χ4v) is 3.06. The van der Waals surface area contributed by atoms with Gasteiger partial charge in [-0.2, -0.15) is 0 Å². The first-order chi connectivity index (χ1) is 11.6. The first-order valence-electron chi connectivity index (χ1n) is 7.98. The summed E-state index contributed by atoms with van der Waals surface area (Å²) in [5.41, 5.74) is 3.13. The lowest BCUT2D eigenvalue weighted by Crippen LogP contribution is -2.28. The average Bonchev–Trinajstić information content (AvgIpc) is 2.97. The van der Waals surface area contributed by atoms with Crippen molar-refractivity contribution < 1.29 is 13.7 Å². The van der Waals surface area contributed by atoms with Gasteiger partial charge in [-0.05, 0) is 62.1 Å². The molecule has 3 aromatic rings. The highest BCUT2D eigenvalue weighted by Crippen LogP contribution is 2.49. The van der Waals surface area contributed by atoms with Gasteiger partial charge in [0.15, 0.2) is 5.76 Å². The fourth-order valence-electron chi connectivity index (χ4n) is 3.06. The second-order valence-corrected chi connectivity index (χ2v) is 6.47. The SMILES string of the molecule is Cc1cc(C)cc(NC(=O)C2(c3cc(-c4ccco4)on3)CC2)c1. The number of benzene rings is 1. The standard InChI is InChI=1S/C19H18N2O3/c1-12-8-13(2)10-14(9-12)20-18(22)19(5-6-19)17-11-16(24-21-17)15-4-3-7-23-15/h3-4,7-11H,5-6H2,1-2H3,(H,20,22). The number of rotatable bonds is 4. The number of anilines is 1. The van der Waals surface area contributed by atoms with Gasteiger partial charge < -0.3 is 14.3 Å². The Morgan fingerprint density at radius 3 is 2.50 bits per heavy atom. The predicted molar refractivity (Wildman–Crippen MR) is 89.7 cm³/mol. The Labute approximate surface area is 139 Å². The molecule has 5 nitrogen and oxygen atoms in total. The predicted octanol–water partition coefficient (Wildman–Crippen LogP) is 4.22. The molecular formula is C19H18N2O3. The molecule has 5 heteroatoms. The number of carbonyl (C=O) groups excluding carboxylic acids is 1. The van der Waals surface area contributed by atoms with Crippen LogP contribution in [0.5, 0.6) is 0 Å². The first kappa shape index (κ1) is 14.8. The molecule has 0 aliphatic heterocycles. The first-order valence-corrected chi connectivity index (χ1v) is 7.98. The minimum Gasteiger partial charge on any atom is -0.461 e. The van der Waals surface area contributed by atoms with Gasteiger partial charge in [0.05, 0.1) is 17.4 Å². The Kier molecular flexibility index (Phi) is 3.30. The fraction of sp³-hybridized carbons (Fsp3) is 0.263. The highest BCUT2D eigenvalue weighted by Gasteiger charge is 2.54. The summed E-state index contributed by atoms with van der Waals surface area (Å²) >= 11 is 0. The smallest absolute Gasteiger partial charge is 0.236 e. The van der Waals surface area contributed by atoms with E-state index in [1.165, 1.54) is 0 Å². The summed E-state index contributed by atoms with van der Waals surface area (Å²) in [6, 6.07) is 11.4. The molecule has 2 aromatic heterocycles. The Balaban J connectivity index is 1.58. The molecule has 122 valence electrons. The summed E-state index contributed by atoms with van der Waals surface area (Å²) < 4.78 is 10.7. The van der Waals surface area contributed by atoms with Crippen molar-refractivity contribution in [2.75, 3.05) is 5.32 Å².